The third kappa shape index (κ3) is 3.86. The maximum atomic E-state index is 12.5. The molecule has 1 N–H and O–H groups in total. The first kappa shape index (κ1) is 17.8. The zero-order valence-electron chi connectivity index (χ0n) is 13.7. The molecule has 0 unspecified atom stereocenters. The van der Waals surface area contributed by atoms with Crippen LogP contribution in [0, 0.1) is 6.92 Å². The number of benzene rings is 2. The Hall–Kier alpha value is -2.54. The summed E-state index contributed by atoms with van der Waals surface area (Å²) in [5, 5.41) is 12.4. The summed E-state index contributed by atoms with van der Waals surface area (Å²) in [6.07, 6.45) is 0. The minimum absolute atomic E-state index is 0.0246. The second-order valence-electron chi connectivity index (χ2n) is 5.19. The van der Waals surface area contributed by atoms with Gasteiger partial charge in [0.25, 0.3) is 0 Å². The lowest BCUT2D eigenvalue weighted by Crippen LogP contribution is -2.17. The number of nitrogens with zero attached hydrogens (tertiary/aromatic N) is 1. The molecular formula is C17H19NO5S. The Morgan fingerprint density at radius 1 is 1.04 bits per heavy atom. The lowest BCUT2D eigenvalue weighted by molar-refractivity contribution is 0.319. The molecule has 0 spiro atoms. The summed E-state index contributed by atoms with van der Waals surface area (Å²) < 4.78 is 35.4. The van der Waals surface area contributed by atoms with Gasteiger partial charge in [-0.15, -0.1) is 0 Å². The van der Waals surface area contributed by atoms with Gasteiger partial charge in [0, 0.05) is 5.56 Å². The van der Waals surface area contributed by atoms with Crippen molar-refractivity contribution in [1.29, 1.82) is 0 Å². The normalized spacial score (nSPS) is 12.0. The Morgan fingerprint density at radius 2 is 1.67 bits per heavy atom. The third-order valence-electron chi connectivity index (χ3n) is 3.54. The summed E-state index contributed by atoms with van der Waals surface area (Å²) in [5.74, 6) is 0.492. The van der Waals surface area contributed by atoms with Crippen molar-refractivity contribution in [3.8, 4) is 11.5 Å². The Kier molecular flexibility index (Phi) is 5.46. The van der Waals surface area contributed by atoms with Crippen LogP contribution in [0.3, 0.4) is 0 Å². The highest BCUT2D eigenvalue weighted by atomic mass is 32.2. The molecule has 0 saturated heterocycles. The first-order chi connectivity index (χ1) is 11.4. The van der Waals surface area contributed by atoms with Gasteiger partial charge in [-0.3, -0.25) is 0 Å². The minimum Gasteiger partial charge on any atom is -0.493 e. The van der Waals surface area contributed by atoms with Crippen molar-refractivity contribution in [3.05, 3.63) is 53.6 Å². The summed E-state index contributed by atoms with van der Waals surface area (Å²) in [5.41, 5.74) is 1.42. The number of oxime groups is 1. The van der Waals surface area contributed by atoms with E-state index in [9.17, 15) is 13.6 Å². The topological polar surface area (TPSA) is 85.2 Å². The molecule has 0 aliphatic rings. The van der Waals surface area contributed by atoms with Crippen LogP contribution in [-0.4, -0.2) is 39.3 Å². The smallest absolute Gasteiger partial charge is 0.184 e. The Morgan fingerprint density at radius 3 is 2.21 bits per heavy atom. The van der Waals surface area contributed by atoms with E-state index in [-0.39, 0.29) is 10.6 Å². The summed E-state index contributed by atoms with van der Waals surface area (Å²) in [4.78, 5) is 0.176. The maximum Gasteiger partial charge on any atom is 0.184 e. The van der Waals surface area contributed by atoms with E-state index < -0.39 is 15.6 Å². The van der Waals surface area contributed by atoms with Gasteiger partial charge in [-0.2, -0.15) is 0 Å². The average molecular weight is 349 g/mol. The van der Waals surface area contributed by atoms with Crippen LogP contribution in [-0.2, 0) is 9.84 Å². The quantitative estimate of drug-likeness (QED) is 0.492. The van der Waals surface area contributed by atoms with Gasteiger partial charge < -0.3 is 14.7 Å². The molecule has 0 aliphatic carbocycles. The van der Waals surface area contributed by atoms with Crippen molar-refractivity contribution >= 4 is 15.5 Å². The van der Waals surface area contributed by atoms with Crippen molar-refractivity contribution < 1.29 is 23.1 Å². The monoisotopic (exact) mass is 349 g/mol. The minimum atomic E-state index is -3.63. The van der Waals surface area contributed by atoms with Gasteiger partial charge in [-0.05, 0) is 37.3 Å². The van der Waals surface area contributed by atoms with Crippen LogP contribution < -0.4 is 9.47 Å². The maximum absolute atomic E-state index is 12.5. The van der Waals surface area contributed by atoms with Crippen LogP contribution in [0.25, 0.3) is 0 Å². The van der Waals surface area contributed by atoms with Gasteiger partial charge in [-0.1, -0.05) is 22.9 Å². The van der Waals surface area contributed by atoms with Crippen LogP contribution in [0.2, 0.25) is 0 Å². The van der Waals surface area contributed by atoms with Gasteiger partial charge in [0.05, 0.1) is 19.1 Å². The molecule has 6 nitrogen and oxygen atoms in total. The van der Waals surface area contributed by atoms with Crippen LogP contribution in [0.5, 0.6) is 11.5 Å². The summed E-state index contributed by atoms with van der Waals surface area (Å²) >= 11 is 0. The highest BCUT2D eigenvalue weighted by molar-refractivity contribution is 7.92. The predicted octanol–water partition coefficient (Wildman–Crippen LogP) is 2.66. The molecule has 2 aromatic rings. The number of hydrogen-bond donors (Lipinski definition) is 1. The summed E-state index contributed by atoms with van der Waals surface area (Å²) in [7, 11) is -0.662. The summed E-state index contributed by atoms with van der Waals surface area (Å²) in [6, 6.07) is 11.3. The predicted molar refractivity (Wildman–Crippen MR) is 91.1 cm³/mol. The SMILES string of the molecule is COc1ccc(/C(CS(=O)(=O)c2ccc(C)cc2)=N\O)cc1OC. The second-order valence-corrected chi connectivity index (χ2v) is 7.18. The Bertz CT molecular complexity index is 842. The number of aryl methyl sites for hydroxylation is 1. The fourth-order valence-corrected chi connectivity index (χ4v) is 3.50. The first-order valence-corrected chi connectivity index (χ1v) is 8.79. The fraction of sp³-hybridized carbons (Fsp3) is 0.235. The molecule has 2 aromatic carbocycles. The van der Waals surface area contributed by atoms with Crippen LogP contribution in [0.4, 0.5) is 0 Å². The van der Waals surface area contributed by atoms with E-state index >= 15 is 0 Å². The molecule has 0 fully saturated rings. The molecule has 0 radical (unpaired) electrons. The molecule has 0 atom stereocenters. The second kappa shape index (κ2) is 7.35. The Balaban J connectivity index is 2.34. The molecule has 2 rings (SSSR count). The largest absolute Gasteiger partial charge is 0.493 e. The highest BCUT2D eigenvalue weighted by Gasteiger charge is 2.20. The van der Waals surface area contributed by atoms with Crippen molar-refractivity contribution in [1.82, 2.24) is 0 Å². The van der Waals surface area contributed by atoms with Crippen LogP contribution >= 0.6 is 0 Å². The molecule has 0 amide bonds. The van der Waals surface area contributed by atoms with E-state index in [4.69, 9.17) is 9.47 Å². The number of rotatable bonds is 6. The molecule has 0 saturated carbocycles. The van der Waals surface area contributed by atoms with Gasteiger partial charge in [0.2, 0.25) is 0 Å². The van der Waals surface area contributed by atoms with E-state index in [1.54, 1.807) is 30.3 Å². The lowest BCUT2D eigenvalue weighted by Gasteiger charge is -2.11. The zero-order chi connectivity index (χ0) is 17.7. The number of methoxy groups -OCH3 is 2. The van der Waals surface area contributed by atoms with Crippen molar-refractivity contribution in [2.24, 2.45) is 5.16 Å². The number of sulfone groups is 1. The molecule has 0 aliphatic heterocycles. The summed E-state index contributed by atoms with van der Waals surface area (Å²) in [6.45, 7) is 1.88. The van der Waals surface area contributed by atoms with Crippen molar-refractivity contribution in [3.63, 3.8) is 0 Å². The van der Waals surface area contributed by atoms with E-state index in [0.717, 1.165) is 5.56 Å². The van der Waals surface area contributed by atoms with Gasteiger partial charge in [-0.25, -0.2) is 8.42 Å². The van der Waals surface area contributed by atoms with Gasteiger partial charge in [0.15, 0.2) is 21.3 Å². The van der Waals surface area contributed by atoms with Crippen LogP contribution in [0.1, 0.15) is 11.1 Å². The average Bonchev–Trinajstić information content (AvgIpc) is 2.59. The first-order valence-electron chi connectivity index (χ1n) is 7.14. The zero-order valence-corrected chi connectivity index (χ0v) is 14.5. The molecular weight excluding hydrogens is 330 g/mol. The molecule has 7 heteroatoms. The van der Waals surface area contributed by atoms with E-state index in [0.29, 0.717) is 17.1 Å². The van der Waals surface area contributed by atoms with E-state index in [1.165, 1.54) is 26.4 Å². The highest BCUT2D eigenvalue weighted by Crippen LogP contribution is 2.28. The Labute approximate surface area is 141 Å². The molecule has 24 heavy (non-hydrogen) atoms. The van der Waals surface area contributed by atoms with E-state index in [1.807, 2.05) is 6.92 Å². The van der Waals surface area contributed by atoms with Crippen molar-refractivity contribution in [2.75, 3.05) is 20.0 Å². The lowest BCUT2D eigenvalue weighted by atomic mass is 10.1. The standard InChI is InChI=1S/C17H19NO5S/c1-12-4-7-14(8-5-12)24(20,21)11-15(18-19)13-6-9-16(22-2)17(10-13)23-3/h4-10,19H,11H2,1-3H3/b18-15-. The molecule has 0 aromatic heterocycles. The van der Waals surface area contributed by atoms with Gasteiger partial charge in [0.1, 0.15) is 11.5 Å². The molecule has 0 heterocycles. The van der Waals surface area contributed by atoms with Gasteiger partial charge >= 0.3 is 0 Å². The van der Waals surface area contributed by atoms with E-state index in [2.05, 4.69) is 5.16 Å². The van der Waals surface area contributed by atoms with Crippen LogP contribution in [0.15, 0.2) is 52.5 Å². The molecule has 0 bridgehead atoms. The van der Waals surface area contributed by atoms with Crippen molar-refractivity contribution in [2.45, 2.75) is 11.8 Å². The number of ether oxygens (including phenoxy) is 2. The molecule has 128 valence electrons. The third-order valence-corrected chi connectivity index (χ3v) is 5.19. The number of hydrogen-bond acceptors (Lipinski definition) is 6. The fourth-order valence-electron chi connectivity index (χ4n) is 2.19.